The Bertz CT molecular complexity index is 2300. The number of hydrogen-bond acceptors (Lipinski definition) is 2. The van der Waals surface area contributed by atoms with Crippen molar-refractivity contribution in [1.29, 1.82) is 0 Å². The van der Waals surface area contributed by atoms with Gasteiger partial charge in [0.25, 0.3) is 0 Å². The summed E-state index contributed by atoms with van der Waals surface area (Å²) in [5.74, 6) is 1.30. The second-order valence-electron chi connectivity index (χ2n) is 14.6. The molecule has 0 saturated carbocycles. The van der Waals surface area contributed by atoms with Gasteiger partial charge in [0.15, 0.2) is 5.82 Å². The summed E-state index contributed by atoms with van der Waals surface area (Å²) < 4.78 is 2.43. The molecule has 0 fully saturated rings. The largest absolute Gasteiger partial charge is 0.310 e. The first-order valence-corrected chi connectivity index (χ1v) is 17.7. The lowest BCUT2D eigenvalue weighted by Crippen LogP contribution is -2.25. The Labute approximate surface area is 296 Å². The van der Waals surface area contributed by atoms with Crippen molar-refractivity contribution in [2.45, 2.75) is 52.4 Å². The second kappa shape index (κ2) is 12.4. The van der Waals surface area contributed by atoms with Gasteiger partial charge in [-0.2, -0.15) is 0 Å². The van der Waals surface area contributed by atoms with Crippen LogP contribution in [0.1, 0.15) is 79.4 Å². The Morgan fingerprint density at radius 1 is 0.880 bits per heavy atom. The molecule has 0 aliphatic heterocycles. The number of nitrogens with zero attached hydrogens (tertiary/aromatic N) is 3. The molecule has 0 saturated heterocycles. The fourth-order valence-corrected chi connectivity index (χ4v) is 7.84. The van der Waals surface area contributed by atoms with E-state index in [2.05, 4.69) is 154 Å². The lowest BCUT2D eigenvalue weighted by molar-refractivity contribution is 0.603. The summed E-state index contributed by atoms with van der Waals surface area (Å²) in [4.78, 5) is 10.2. The molecular formula is C47H43N3. The number of benzene rings is 3. The van der Waals surface area contributed by atoms with Crippen molar-refractivity contribution in [1.82, 2.24) is 14.5 Å². The van der Waals surface area contributed by atoms with E-state index in [1.807, 2.05) is 25.1 Å². The van der Waals surface area contributed by atoms with Crippen LogP contribution in [-0.4, -0.2) is 14.5 Å². The van der Waals surface area contributed by atoms with E-state index in [1.165, 1.54) is 44.8 Å². The molecule has 0 radical (unpaired) electrons. The van der Waals surface area contributed by atoms with Gasteiger partial charge in [0.05, 0.1) is 17.1 Å². The van der Waals surface area contributed by atoms with Crippen LogP contribution in [0.5, 0.6) is 0 Å². The van der Waals surface area contributed by atoms with Crippen LogP contribution in [0.25, 0.3) is 52.1 Å². The Balaban J connectivity index is 1.28. The van der Waals surface area contributed by atoms with E-state index < -0.39 is 0 Å². The lowest BCUT2D eigenvalue weighted by atomic mass is 9.67. The van der Waals surface area contributed by atoms with Gasteiger partial charge in [-0.15, -0.1) is 0 Å². The first-order valence-electron chi connectivity index (χ1n) is 17.7. The molecule has 3 heteroatoms. The molecule has 0 N–H and O–H groups in total. The number of allylic oxidation sites excluding steroid dienone is 8. The highest BCUT2D eigenvalue weighted by Crippen LogP contribution is 2.50. The zero-order valence-electron chi connectivity index (χ0n) is 29.6. The predicted octanol–water partition coefficient (Wildman–Crippen LogP) is 12.0. The van der Waals surface area contributed by atoms with Gasteiger partial charge in [0.1, 0.15) is 0 Å². The maximum atomic E-state index is 5.12. The van der Waals surface area contributed by atoms with E-state index in [1.54, 1.807) is 0 Å². The fraction of sp³-hybridized carbons (Fsp3) is 0.191. The molecule has 2 aromatic heterocycles. The highest BCUT2D eigenvalue weighted by atomic mass is 15.0. The molecule has 3 aromatic carbocycles. The molecule has 0 amide bonds. The van der Waals surface area contributed by atoms with E-state index in [0.29, 0.717) is 5.92 Å². The molecule has 3 nitrogen and oxygen atoms in total. The SMILES string of the molecule is C=C(C)/C=C\c1c(C)c2c(n1-c1ccc(-c3cc(C4C=CC=CC4C)nc(-c4ccccc4)n3)cc1)C=C1CC(=C2)C(C)(C)c2ccccc21. The molecule has 0 spiro atoms. The van der Waals surface area contributed by atoms with Gasteiger partial charge in [-0.05, 0) is 78.8 Å². The Morgan fingerprint density at radius 2 is 1.62 bits per heavy atom. The van der Waals surface area contributed by atoms with Crippen LogP contribution in [0, 0.1) is 12.8 Å². The zero-order valence-corrected chi connectivity index (χ0v) is 29.6. The second-order valence-corrected chi connectivity index (χ2v) is 14.6. The van der Waals surface area contributed by atoms with Crippen LogP contribution >= 0.6 is 0 Å². The fourth-order valence-electron chi connectivity index (χ4n) is 7.84. The molecule has 246 valence electrons. The number of fused-ring (bicyclic) bond motifs is 5. The minimum atomic E-state index is -0.0457. The van der Waals surface area contributed by atoms with Gasteiger partial charge in [0, 0.05) is 39.4 Å². The van der Waals surface area contributed by atoms with Crippen LogP contribution in [-0.2, 0) is 5.41 Å². The smallest absolute Gasteiger partial charge is 0.160 e. The highest BCUT2D eigenvalue weighted by molar-refractivity contribution is 5.93. The standard InChI is InChI=1S/C47H43N3/c1-30(2)20-25-44-32(4)40-28-36-26-35(39-18-12-13-19-41(39)47(36,5)6)27-45(40)50(44)37-23-21-33(22-24-37)42-29-43(38-17-11-10-14-31(38)3)49-46(48-42)34-15-8-7-9-16-34/h7-25,27-29,31,38H,1,26H2,2-6H3/b25-20-. The minimum absolute atomic E-state index is 0.0457. The normalized spacial score (nSPS) is 18.7. The summed E-state index contributed by atoms with van der Waals surface area (Å²) in [6.45, 7) is 15.5. The molecule has 3 aliphatic carbocycles. The van der Waals surface area contributed by atoms with Gasteiger partial charge in [0.2, 0.25) is 0 Å². The molecular weight excluding hydrogens is 607 g/mol. The van der Waals surface area contributed by atoms with Gasteiger partial charge >= 0.3 is 0 Å². The van der Waals surface area contributed by atoms with Gasteiger partial charge < -0.3 is 4.57 Å². The first-order chi connectivity index (χ1) is 24.2. The van der Waals surface area contributed by atoms with Crippen LogP contribution in [0.4, 0.5) is 0 Å². The Morgan fingerprint density at radius 3 is 2.38 bits per heavy atom. The zero-order chi connectivity index (χ0) is 34.6. The Kier molecular flexibility index (Phi) is 7.87. The van der Waals surface area contributed by atoms with Crippen molar-refractivity contribution in [2.24, 2.45) is 5.92 Å². The third-order valence-corrected chi connectivity index (χ3v) is 10.8. The summed E-state index contributed by atoms with van der Waals surface area (Å²) >= 11 is 0. The van der Waals surface area contributed by atoms with Crippen LogP contribution in [0.3, 0.4) is 0 Å². The number of rotatable bonds is 6. The maximum absolute atomic E-state index is 5.12. The molecule has 8 rings (SSSR count). The van der Waals surface area contributed by atoms with Crippen LogP contribution in [0.2, 0.25) is 0 Å². The monoisotopic (exact) mass is 649 g/mol. The van der Waals surface area contributed by atoms with E-state index in [0.717, 1.165) is 46.0 Å². The van der Waals surface area contributed by atoms with Gasteiger partial charge in [-0.1, -0.05) is 142 Å². The quantitative estimate of drug-likeness (QED) is 0.171. The van der Waals surface area contributed by atoms with Gasteiger partial charge in [-0.25, -0.2) is 9.97 Å². The molecule has 2 heterocycles. The summed E-state index contributed by atoms with van der Waals surface area (Å²) in [5, 5.41) is 0. The topological polar surface area (TPSA) is 30.7 Å². The summed E-state index contributed by atoms with van der Waals surface area (Å²) in [7, 11) is 0. The van der Waals surface area contributed by atoms with E-state index in [-0.39, 0.29) is 11.3 Å². The van der Waals surface area contributed by atoms with Crippen molar-refractivity contribution >= 4 is 23.8 Å². The van der Waals surface area contributed by atoms with Crippen molar-refractivity contribution in [3.63, 3.8) is 0 Å². The molecule has 50 heavy (non-hydrogen) atoms. The van der Waals surface area contributed by atoms with Crippen molar-refractivity contribution in [2.75, 3.05) is 0 Å². The number of aromatic nitrogens is 3. The van der Waals surface area contributed by atoms with E-state index >= 15 is 0 Å². The molecule has 2 unspecified atom stereocenters. The van der Waals surface area contributed by atoms with Crippen molar-refractivity contribution in [3.05, 3.63) is 172 Å². The van der Waals surface area contributed by atoms with E-state index in [9.17, 15) is 0 Å². The van der Waals surface area contributed by atoms with Crippen LogP contribution < -0.4 is 0 Å². The number of hydrogen-bond donors (Lipinski definition) is 0. The van der Waals surface area contributed by atoms with Crippen molar-refractivity contribution < 1.29 is 0 Å². The minimum Gasteiger partial charge on any atom is -0.310 e. The lowest BCUT2D eigenvalue weighted by Gasteiger charge is -2.36. The molecule has 2 atom stereocenters. The third-order valence-electron chi connectivity index (χ3n) is 10.8. The molecule has 3 aliphatic rings. The predicted molar refractivity (Wildman–Crippen MR) is 211 cm³/mol. The van der Waals surface area contributed by atoms with Crippen LogP contribution in [0.15, 0.2) is 133 Å². The Hall–Kier alpha value is -5.54. The average Bonchev–Trinajstić information content (AvgIpc) is 3.25. The van der Waals surface area contributed by atoms with Gasteiger partial charge in [-0.3, -0.25) is 0 Å². The average molecular weight is 650 g/mol. The summed E-state index contributed by atoms with van der Waals surface area (Å²) in [5.41, 5.74) is 16.7. The summed E-state index contributed by atoms with van der Waals surface area (Å²) in [6.07, 6.45) is 19.0. The van der Waals surface area contributed by atoms with Crippen molar-refractivity contribution in [3.8, 4) is 28.3 Å². The summed E-state index contributed by atoms with van der Waals surface area (Å²) in [6, 6.07) is 30.3. The first kappa shape index (κ1) is 31.7. The molecule has 2 bridgehead atoms. The molecule has 5 aromatic rings. The third kappa shape index (κ3) is 5.47. The highest BCUT2D eigenvalue weighted by Gasteiger charge is 2.36. The maximum Gasteiger partial charge on any atom is 0.160 e. The van der Waals surface area contributed by atoms with E-state index in [4.69, 9.17) is 9.97 Å².